The summed E-state index contributed by atoms with van der Waals surface area (Å²) in [5.41, 5.74) is 9.94. The molecule has 0 amide bonds. The van der Waals surface area contributed by atoms with E-state index in [1.54, 1.807) is 0 Å². The summed E-state index contributed by atoms with van der Waals surface area (Å²) < 4.78 is 2.21. The van der Waals surface area contributed by atoms with E-state index in [0.717, 1.165) is 47.7 Å². The van der Waals surface area contributed by atoms with Crippen molar-refractivity contribution in [2.75, 3.05) is 17.2 Å². The number of benzene rings is 1. The van der Waals surface area contributed by atoms with Crippen LogP contribution in [0.15, 0.2) is 36.7 Å². The van der Waals surface area contributed by atoms with Crippen LogP contribution in [-0.4, -0.2) is 21.1 Å². The van der Waals surface area contributed by atoms with Gasteiger partial charge in [0.2, 0.25) is 0 Å². The zero-order chi connectivity index (χ0) is 14.4. The van der Waals surface area contributed by atoms with Crippen molar-refractivity contribution in [3.05, 3.63) is 48.2 Å². The number of nitrogens with zero attached hydrogens (tertiary/aromatic N) is 4. The topological polar surface area (TPSA) is 60.0 Å². The van der Waals surface area contributed by atoms with Crippen LogP contribution in [-0.2, 0) is 13.1 Å². The van der Waals surface area contributed by atoms with Crippen LogP contribution in [0.1, 0.15) is 11.5 Å². The average molecular weight is 279 g/mol. The number of imidazole rings is 1. The molecule has 3 aromatic rings. The Morgan fingerprint density at radius 3 is 3.00 bits per heavy atom. The lowest BCUT2D eigenvalue weighted by Gasteiger charge is -2.30. The third-order valence-electron chi connectivity index (χ3n) is 4.02. The van der Waals surface area contributed by atoms with Crippen LogP contribution in [0.5, 0.6) is 0 Å². The molecule has 1 aliphatic heterocycles. The van der Waals surface area contributed by atoms with Crippen LogP contribution in [0, 0.1) is 6.92 Å². The van der Waals surface area contributed by atoms with Crippen molar-refractivity contribution in [2.24, 2.45) is 0 Å². The van der Waals surface area contributed by atoms with Gasteiger partial charge in [-0.25, -0.2) is 4.98 Å². The Morgan fingerprint density at radius 2 is 2.10 bits per heavy atom. The first kappa shape index (κ1) is 12.2. The first-order valence-corrected chi connectivity index (χ1v) is 7.12. The summed E-state index contributed by atoms with van der Waals surface area (Å²) >= 11 is 0. The average Bonchev–Trinajstić information content (AvgIpc) is 2.94. The first-order valence-electron chi connectivity index (χ1n) is 7.12. The number of pyridine rings is 1. The van der Waals surface area contributed by atoms with Gasteiger partial charge in [-0.15, -0.1) is 0 Å². The standard InChI is InChI=1S/C16H17N5/c1-11-8-15(13-9-12(17)2-3-14(13)19-11)21-7-6-20-5-4-18-16(20)10-21/h2-5,8-9H,6-7,10,17H2,1H3. The van der Waals surface area contributed by atoms with Gasteiger partial charge >= 0.3 is 0 Å². The van der Waals surface area contributed by atoms with E-state index in [1.807, 2.05) is 37.5 Å². The second-order valence-electron chi connectivity index (χ2n) is 5.52. The summed E-state index contributed by atoms with van der Waals surface area (Å²) in [6, 6.07) is 8.05. The number of aryl methyl sites for hydroxylation is 1. The van der Waals surface area contributed by atoms with Crippen LogP contribution in [0.4, 0.5) is 11.4 Å². The van der Waals surface area contributed by atoms with Gasteiger partial charge in [0, 0.05) is 47.9 Å². The Labute approximate surface area is 123 Å². The Hall–Kier alpha value is -2.56. The van der Waals surface area contributed by atoms with Crippen molar-refractivity contribution in [3.8, 4) is 0 Å². The summed E-state index contributed by atoms with van der Waals surface area (Å²) in [5, 5.41) is 1.11. The molecule has 0 aliphatic carbocycles. The number of rotatable bonds is 1. The molecule has 0 spiro atoms. The fraction of sp³-hybridized carbons (Fsp3) is 0.250. The molecule has 106 valence electrons. The number of aromatic nitrogens is 3. The van der Waals surface area contributed by atoms with Crippen molar-refractivity contribution < 1.29 is 0 Å². The van der Waals surface area contributed by atoms with Crippen molar-refractivity contribution in [2.45, 2.75) is 20.0 Å². The monoisotopic (exact) mass is 279 g/mol. The molecule has 0 fully saturated rings. The molecule has 0 radical (unpaired) electrons. The summed E-state index contributed by atoms with van der Waals surface area (Å²) in [4.78, 5) is 11.4. The SMILES string of the molecule is Cc1cc(N2CCn3ccnc3C2)c2cc(N)ccc2n1. The second-order valence-corrected chi connectivity index (χ2v) is 5.52. The summed E-state index contributed by atoms with van der Waals surface area (Å²) in [7, 11) is 0. The highest BCUT2D eigenvalue weighted by Gasteiger charge is 2.19. The molecule has 5 nitrogen and oxygen atoms in total. The zero-order valence-corrected chi connectivity index (χ0v) is 12.0. The second kappa shape index (κ2) is 4.48. The van der Waals surface area contributed by atoms with E-state index in [4.69, 9.17) is 5.73 Å². The fourth-order valence-corrected chi connectivity index (χ4v) is 2.99. The molecule has 2 aromatic heterocycles. The van der Waals surface area contributed by atoms with E-state index in [2.05, 4.69) is 25.5 Å². The van der Waals surface area contributed by atoms with E-state index >= 15 is 0 Å². The molecular formula is C16H17N5. The number of anilines is 2. The molecule has 4 rings (SSSR count). The maximum atomic E-state index is 5.96. The number of hydrogen-bond donors (Lipinski definition) is 1. The Bertz CT molecular complexity index is 821. The van der Waals surface area contributed by atoms with Crippen LogP contribution in [0.3, 0.4) is 0 Å². The van der Waals surface area contributed by atoms with Gasteiger partial charge in [-0.2, -0.15) is 0 Å². The predicted molar refractivity (Wildman–Crippen MR) is 84.2 cm³/mol. The lowest BCUT2D eigenvalue weighted by Crippen LogP contribution is -2.33. The van der Waals surface area contributed by atoms with E-state index in [-0.39, 0.29) is 0 Å². The Balaban J connectivity index is 1.85. The third kappa shape index (κ3) is 2.01. The normalized spacial score (nSPS) is 14.4. The molecule has 5 heteroatoms. The van der Waals surface area contributed by atoms with Gasteiger partial charge in [0.25, 0.3) is 0 Å². The van der Waals surface area contributed by atoms with Crippen molar-refractivity contribution in [1.29, 1.82) is 0 Å². The molecule has 1 aromatic carbocycles. The van der Waals surface area contributed by atoms with E-state index in [9.17, 15) is 0 Å². The van der Waals surface area contributed by atoms with Gasteiger partial charge in [-0.1, -0.05) is 0 Å². The number of hydrogen-bond acceptors (Lipinski definition) is 4. The zero-order valence-electron chi connectivity index (χ0n) is 12.0. The van der Waals surface area contributed by atoms with Gasteiger partial charge in [0.15, 0.2) is 0 Å². The van der Waals surface area contributed by atoms with Crippen LogP contribution in [0.25, 0.3) is 10.9 Å². The minimum absolute atomic E-state index is 0.771. The summed E-state index contributed by atoms with van der Waals surface area (Å²) in [6.45, 7) is 4.78. The Morgan fingerprint density at radius 1 is 1.19 bits per heavy atom. The minimum atomic E-state index is 0.771. The van der Waals surface area contributed by atoms with Crippen molar-refractivity contribution in [1.82, 2.24) is 14.5 Å². The van der Waals surface area contributed by atoms with Crippen LogP contribution >= 0.6 is 0 Å². The fourth-order valence-electron chi connectivity index (χ4n) is 2.99. The van der Waals surface area contributed by atoms with Crippen LogP contribution < -0.4 is 10.6 Å². The highest BCUT2D eigenvalue weighted by Crippen LogP contribution is 2.30. The quantitative estimate of drug-likeness (QED) is 0.695. The molecule has 0 saturated carbocycles. The molecule has 2 N–H and O–H groups in total. The first-order chi connectivity index (χ1) is 10.2. The van der Waals surface area contributed by atoms with Crippen LogP contribution in [0.2, 0.25) is 0 Å². The lowest BCUT2D eigenvalue weighted by molar-refractivity contribution is 0.561. The third-order valence-corrected chi connectivity index (χ3v) is 4.02. The van der Waals surface area contributed by atoms with E-state index < -0.39 is 0 Å². The largest absolute Gasteiger partial charge is 0.399 e. The van der Waals surface area contributed by atoms with E-state index in [0.29, 0.717) is 0 Å². The Kier molecular flexibility index (Phi) is 2.60. The minimum Gasteiger partial charge on any atom is -0.399 e. The summed E-state index contributed by atoms with van der Waals surface area (Å²) in [6.07, 6.45) is 3.91. The molecule has 0 bridgehead atoms. The van der Waals surface area contributed by atoms with E-state index in [1.165, 1.54) is 5.69 Å². The number of fused-ring (bicyclic) bond motifs is 2. The molecule has 3 heterocycles. The number of nitrogens with two attached hydrogens (primary N) is 1. The lowest BCUT2D eigenvalue weighted by atomic mass is 10.1. The molecule has 0 unspecified atom stereocenters. The number of nitrogen functional groups attached to an aromatic ring is 1. The van der Waals surface area contributed by atoms with Crippen molar-refractivity contribution >= 4 is 22.3 Å². The van der Waals surface area contributed by atoms with Gasteiger partial charge in [0.1, 0.15) is 5.82 Å². The molecular weight excluding hydrogens is 262 g/mol. The molecule has 1 aliphatic rings. The van der Waals surface area contributed by atoms with Crippen molar-refractivity contribution in [3.63, 3.8) is 0 Å². The van der Waals surface area contributed by atoms with Gasteiger partial charge in [-0.3, -0.25) is 4.98 Å². The highest BCUT2D eigenvalue weighted by atomic mass is 15.2. The predicted octanol–water partition coefficient (Wildman–Crippen LogP) is 2.34. The molecule has 21 heavy (non-hydrogen) atoms. The van der Waals surface area contributed by atoms with Gasteiger partial charge < -0.3 is 15.2 Å². The van der Waals surface area contributed by atoms with Gasteiger partial charge in [0.05, 0.1) is 12.1 Å². The smallest absolute Gasteiger partial charge is 0.128 e. The molecule has 0 atom stereocenters. The summed E-state index contributed by atoms with van der Waals surface area (Å²) in [5.74, 6) is 1.10. The maximum Gasteiger partial charge on any atom is 0.128 e. The highest BCUT2D eigenvalue weighted by molar-refractivity contribution is 5.94. The van der Waals surface area contributed by atoms with Gasteiger partial charge in [-0.05, 0) is 31.2 Å². The molecule has 0 saturated heterocycles. The maximum absolute atomic E-state index is 5.96.